The highest BCUT2D eigenvalue weighted by Gasteiger charge is 2.23. The Morgan fingerprint density at radius 2 is 1.92 bits per heavy atom. The summed E-state index contributed by atoms with van der Waals surface area (Å²) in [6, 6.07) is 9.30. The molecule has 0 saturated heterocycles. The number of nitrogens with one attached hydrogen (secondary N) is 1. The van der Waals surface area contributed by atoms with Crippen LogP contribution >= 0.6 is 0 Å². The third kappa shape index (κ3) is 3.93. The lowest BCUT2D eigenvalue weighted by Crippen LogP contribution is -2.42. The molecule has 0 bridgehead atoms. The van der Waals surface area contributed by atoms with Gasteiger partial charge in [-0.25, -0.2) is 13.6 Å². The largest absolute Gasteiger partial charge is 0.480 e. The second-order valence-corrected chi connectivity index (χ2v) is 4.96. The van der Waals surface area contributed by atoms with Gasteiger partial charge in [-0.15, -0.1) is 0 Å². The molecule has 24 heavy (non-hydrogen) atoms. The van der Waals surface area contributed by atoms with Crippen LogP contribution in [0.25, 0.3) is 0 Å². The van der Waals surface area contributed by atoms with E-state index in [0.29, 0.717) is 11.6 Å². The lowest BCUT2D eigenvalue weighted by Gasteiger charge is -2.15. The normalized spacial score (nSPS) is 11.4. The van der Waals surface area contributed by atoms with Crippen LogP contribution in [0.15, 0.2) is 42.5 Å². The van der Waals surface area contributed by atoms with E-state index < -0.39 is 35.1 Å². The van der Waals surface area contributed by atoms with Gasteiger partial charge in [0.05, 0.1) is 17.2 Å². The minimum absolute atomic E-state index is 0.145. The number of carbonyl (C=O) groups excluding carboxylic acids is 1. The molecule has 0 unspecified atom stereocenters. The molecule has 0 spiro atoms. The summed E-state index contributed by atoms with van der Waals surface area (Å²) in [5.74, 6) is -4.25. The fraction of sp³-hybridized carbons (Fsp3) is 0.118. The number of aliphatic carboxylic acids is 1. The van der Waals surface area contributed by atoms with E-state index in [1.165, 1.54) is 6.07 Å². The maximum absolute atomic E-state index is 13.6. The number of benzene rings is 2. The van der Waals surface area contributed by atoms with Crippen LogP contribution in [-0.4, -0.2) is 23.0 Å². The summed E-state index contributed by atoms with van der Waals surface area (Å²) in [5.41, 5.74) is 0.259. The standard InChI is InChI=1S/C17H12F2N2O3/c18-12-5-6-13(14(19)8-12)16(22)21-15(17(23)24)7-10-3-1-2-4-11(10)9-20/h1-6,8,15H,7H2,(H,21,22)(H,23,24)/t15-/m1/s1. The maximum Gasteiger partial charge on any atom is 0.326 e. The summed E-state index contributed by atoms with van der Waals surface area (Å²) < 4.78 is 26.5. The van der Waals surface area contributed by atoms with Crippen molar-refractivity contribution in [3.63, 3.8) is 0 Å². The summed E-state index contributed by atoms with van der Waals surface area (Å²) in [6.07, 6.45) is -0.145. The second kappa shape index (κ2) is 7.33. The number of nitriles is 1. The van der Waals surface area contributed by atoms with Gasteiger partial charge in [0.2, 0.25) is 0 Å². The van der Waals surface area contributed by atoms with Gasteiger partial charge in [0, 0.05) is 12.5 Å². The Hall–Kier alpha value is -3.27. The molecule has 0 aliphatic carbocycles. The Morgan fingerprint density at radius 3 is 2.54 bits per heavy atom. The smallest absolute Gasteiger partial charge is 0.326 e. The molecule has 2 rings (SSSR count). The Bertz CT molecular complexity index is 831. The van der Waals surface area contributed by atoms with Crippen molar-refractivity contribution in [2.24, 2.45) is 0 Å². The Labute approximate surface area is 136 Å². The molecule has 0 heterocycles. The topological polar surface area (TPSA) is 90.2 Å². The summed E-state index contributed by atoms with van der Waals surface area (Å²) >= 11 is 0. The predicted molar refractivity (Wildman–Crippen MR) is 80.1 cm³/mol. The molecule has 5 nitrogen and oxygen atoms in total. The predicted octanol–water partition coefficient (Wildman–Crippen LogP) is 2.26. The molecule has 2 aromatic carbocycles. The monoisotopic (exact) mass is 330 g/mol. The highest BCUT2D eigenvalue weighted by atomic mass is 19.1. The minimum atomic E-state index is -1.36. The van der Waals surface area contributed by atoms with E-state index in [1.54, 1.807) is 18.2 Å². The molecule has 7 heteroatoms. The molecule has 0 radical (unpaired) electrons. The molecule has 0 aliphatic heterocycles. The van der Waals surface area contributed by atoms with Gasteiger partial charge in [0.15, 0.2) is 0 Å². The third-order valence-electron chi connectivity index (χ3n) is 3.34. The molecule has 0 aliphatic rings. The van der Waals surface area contributed by atoms with E-state index in [4.69, 9.17) is 5.26 Å². The molecule has 0 aromatic heterocycles. The van der Waals surface area contributed by atoms with E-state index in [-0.39, 0.29) is 12.0 Å². The highest BCUT2D eigenvalue weighted by molar-refractivity contribution is 5.96. The van der Waals surface area contributed by atoms with Gasteiger partial charge in [0.25, 0.3) is 5.91 Å². The van der Waals surface area contributed by atoms with Crippen molar-refractivity contribution in [3.8, 4) is 6.07 Å². The van der Waals surface area contributed by atoms with Crippen LogP contribution in [-0.2, 0) is 11.2 Å². The Balaban J connectivity index is 2.21. The van der Waals surface area contributed by atoms with E-state index in [9.17, 15) is 23.5 Å². The van der Waals surface area contributed by atoms with Crippen molar-refractivity contribution in [1.29, 1.82) is 5.26 Å². The summed E-state index contributed by atoms with van der Waals surface area (Å²) in [5, 5.41) is 20.5. The average Bonchev–Trinajstić information content (AvgIpc) is 2.54. The fourth-order valence-electron chi connectivity index (χ4n) is 2.14. The van der Waals surface area contributed by atoms with Crippen molar-refractivity contribution < 1.29 is 23.5 Å². The number of carboxylic acids is 1. The summed E-state index contributed by atoms with van der Waals surface area (Å²) in [7, 11) is 0. The zero-order chi connectivity index (χ0) is 17.7. The number of rotatable bonds is 5. The molecule has 2 aromatic rings. The van der Waals surface area contributed by atoms with E-state index in [0.717, 1.165) is 12.1 Å². The summed E-state index contributed by atoms with van der Waals surface area (Å²) in [4.78, 5) is 23.4. The number of amides is 1. The number of halogens is 2. The van der Waals surface area contributed by atoms with Crippen LogP contribution < -0.4 is 5.32 Å². The van der Waals surface area contributed by atoms with Crippen molar-refractivity contribution in [2.75, 3.05) is 0 Å². The van der Waals surface area contributed by atoms with Crippen molar-refractivity contribution in [2.45, 2.75) is 12.5 Å². The Kier molecular flexibility index (Phi) is 5.22. The first kappa shape index (κ1) is 17.1. The molecule has 0 fully saturated rings. The molecule has 1 atom stereocenters. The zero-order valence-corrected chi connectivity index (χ0v) is 12.3. The van der Waals surface area contributed by atoms with Gasteiger partial charge in [-0.1, -0.05) is 18.2 Å². The molecule has 2 N–H and O–H groups in total. The van der Waals surface area contributed by atoms with E-state index in [1.807, 2.05) is 6.07 Å². The van der Waals surface area contributed by atoms with Crippen LogP contribution in [0.4, 0.5) is 8.78 Å². The van der Waals surface area contributed by atoms with Crippen LogP contribution in [0, 0.1) is 23.0 Å². The Morgan fingerprint density at radius 1 is 1.21 bits per heavy atom. The van der Waals surface area contributed by atoms with Gasteiger partial charge < -0.3 is 10.4 Å². The lowest BCUT2D eigenvalue weighted by atomic mass is 10.0. The first-order valence-corrected chi connectivity index (χ1v) is 6.89. The van der Waals surface area contributed by atoms with Gasteiger partial charge in [-0.3, -0.25) is 4.79 Å². The number of carbonyl (C=O) groups is 2. The first-order valence-electron chi connectivity index (χ1n) is 6.89. The van der Waals surface area contributed by atoms with Gasteiger partial charge in [0.1, 0.15) is 17.7 Å². The van der Waals surface area contributed by atoms with Crippen molar-refractivity contribution in [1.82, 2.24) is 5.32 Å². The number of nitrogens with zero attached hydrogens (tertiary/aromatic N) is 1. The summed E-state index contributed by atoms with van der Waals surface area (Å²) in [6.45, 7) is 0. The molecule has 0 saturated carbocycles. The number of hydrogen-bond donors (Lipinski definition) is 2. The SMILES string of the molecule is N#Cc1ccccc1C[C@@H](NC(=O)c1ccc(F)cc1F)C(=O)O. The highest BCUT2D eigenvalue weighted by Crippen LogP contribution is 2.13. The number of hydrogen-bond acceptors (Lipinski definition) is 3. The van der Waals surface area contributed by atoms with Gasteiger partial charge in [-0.2, -0.15) is 5.26 Å². The van der Waals surface area contributed by atoms with Gasteiger partial charge >= 0.3 is 5.97 Å². The minimum Gasteiger partial charge on any atom is -0.480 e. The molecular weight excluding hydrogens is 318 g/mol. The average molecular weight is 330 g/mol. The maximum atomic E-state index is 13.6. The second-order valence-electron chi connectivity index (χ2n) is 4.96. The molecule has 1 amide bonds. The fourth-order valence-corrected chi connectivity index (χ4v) is 2.14. The van der Waals surface area contributed by atoms with Crippen LogP contribution in [0.3, 0.4) is 0 Å². The number of carboxylic acid groups (broad SMARTS) is 1. The van der Waals surface area contributed by atoms with Crippen LogP contribution in [0.5, 0.6) is 0 Å². The third-order valence-corrected chi connectivity index (χ3v) is 3.34. The van der Waals surface area contributed by atoms with E-state index in [2.05, 4.69) is 5.32 Å². The lowest BCUT2D eigenvalue weighted by molar-refractivity contribution is -0.139. The van der Waals surface area contributed by atoms with Crippen molar-refractivity contribution in [3.05, 3.63) is 70.8 Å². The zero-order valence-electron chi connectivity index (χ0n) is 12.3. The quantitative estimate of drug-likeness (QED) is 0.880. The van der Waals surface area contributed by atoms with E-state index >= 15 is 0 Å². The van der Waals surface area contributed by atoms with Crippen LogP contribution in [0.1, 0.15) is 21.5 Å². The van der Waals surface area contributed by atoms with Crippen LogP contribution in [0.2, 0.25) is 0 Å². The first-order chi connectivity index (χ1) is 11.4. The van der Waals surface area contributed by atoms with Crippen molar-refractivity contribution >= 4 is 11.9 Å². The van der Waals surface area contributed by atoms with Gasteiger partial charge in [-0.05, 0) is 23.8 Å². The molecule has 122 valence electrons. The molecular formula is C17H12F2N2O3.